The average molecular weight is 213 g/mol. The van der Waals surface area contributed by atoms with Crippen LogP contribution in [0.15, 0.2) is 6.20 Å². The van der Waals surface area contributed by atoms with Crippen molar-refractivity contribution in [2.75, 3.05) is 0 Å². The quantitative estimate of drug-likeness (QED) is 0.779. The lowest BCUT2D eigenvalue weighted by Crippen LogP contribution is -2.09. The highest BCUT2D eigenvalue weighted by atomic mass is 19.3. The highest BCUT2D eigenvalue weighted by Crippen LogP contribution is 2.25. The fraction of sp³-hybridized carbons (Fsp3) is 0.333. The second-order valence-corrected chi connectivity index (χ2v) is 2.79. The van der Waals surface area contributed by atoms with Crippen molar-refractivity contribution in [1.29, 1.82) is 5.26 Å². The summed E-state index contributed by atoms with van der Waals surface area (Å²) in [5.74, 6) is 0. The number of nitrogens with two attached hydrogens (primary N) is 1. The lowest BCUT2D eigenvalue weighted by Gasteiger charge is -2.10. The van der Waals surface area contributed by atoms with E-state index in [0.29, 0.717) is 0 Å². The Kier molecular flexibility index (Phi) is 3.66. The van der Waals surface area contributed by atoms with Crippen LogP contribution < -0.4 is 5.73 Å². The number of aromatic nitrogens is 1. The molecule has 0 bridgehead atoms. The van der Waals surface area contributed by atoms with E-state index in [0.717, 1.165) is 6.20 Å². The Labute approximate surface area is 85.0 Å². The Morgan fingerprint density at radius 3 is 2.67 bits per heavy atom. The van der Waals surface area contributed by atoms with E-state index in [1.165, 1.54) is 0 Å². The summed E-state index contributed by atoms with van der Waals surface area (Å²) < 4.78 is 24.9. The summed E-state index contributed by atoms with van der Waals surface area (Å²) in [6.45, 7) is -0.531. The molecule has 6 heteroatoms. The van der Waals surface area contributed by atoms with E-state index in [4.69, 9.17) is 16.1 Å². The van der Waals surface area contributed by atoms with Gasteiger partial charge in [0.1, 0.15) is 6.07 Å². The molecule has 0 saturated heterocycles. The van der Waals surface area contributed by atoms with Gasteiger partial charge in [0.25, 0.3) is 6.43 Å². The molecule has 0 amide bonds. The van der Waals surface area contributed by atoms with E-state index in [1.807, 2.05) is 0 Å². The zero-order valence-electron chi connectivity index (χ0n) is 7.74. The first kappa shape index (κ1) is 11.5. The summed E-state index contributed by atoms with van der Waals surface area (Å²) in [5.41, 5.74) is 4.94. The van der Waals surface area contributed by atoms with Gasteiger partial charge in [-0.1, -0.05) is 0 Å². The van der Waals surface area contributed by atoms with Gasteiger partial charge in [0, 0.05) is 18.3 Å². The first-order valence-electron chi connectivity index (χ1n) is 4.15. The molecule has 0 aromatic carbocycles. The molecule has 0 saturated carbocycles. The van der Waals surface area contributed by atoms with Gasteiger partial charge in [-0.25, -0.2) is 8.78 Å². The molecule has 1 heterocycles. The largest absolute Gasteiger partial charge is 0.392 e. The number of alkyl halides is 2. The topological polar surface area (TPSA) is 82.9 Å². The van der Waals surface area contributed by atoms with Gasteiger partial charge < -0.3 is 10.8 Å². The van der Waals surface area contributed by atoms with Crippen molar-refractivity contribution in [3.05, 3.63) is 28.6 Å². The Bertz CT molecular complexity index is 401. The van der Waals surface area contributed by atoms with Crippen LogP contribution in [-0.2, 0) is 13.2 Å². The van der Waals surface area contributed by atoms with Crippen LogP contribution in [0.25, 0.3) is 0 Å². The van der Waals surface area contributed by atoms with Crippen molar-refractivity contribution in [3.63, 3.8) is 0 Å². The highest BCUT2D eigenvalue weighted by molar-refractivity contribution is 5.45. The molecule has 0 fully saturated rings. The highest BCUT2D eigenvalue weighted by Gasteiger charge is 2.19. The number of rotatable bonds is 3. The van der Waals surface area contributed by atoms with E-state index in [9.17, 15) is 8.78 Å². The Balaban J connectivity index is 3.43. The summed E-state index contributed by atoms with van der Waals surface area (Å²) in [6, 6.07) is 1.64. The molecule has 3 N–H and O–H groups in total. The van der Waals surface area contributed by atoms with Crippen LogP contribution in [0, 0.1) is 11.3 Å². The molecule has 0 atom stereocenters. The van der Waals surface area contributed by atoms with E-state index in [-0.39, 0.29) is 23.4 Å². The summed E-state index contributed by atoms with van der Waals surface area (Å²) in [5, 5.41) is 17.7. The van der Waals surface area contributed by atoms with Crippen LogP contribution in [0.5, 0.6) is 0 Å². The first-order valence-corrected chi connectivity index (χ1v) is 4.15. The van der Waals surface area contributed by atoms with E-state index in [1.54, 1.807) is 6.07 Å². The number of nitriles is 1. The molecule has 1 aromatic rings. The van der Waals surface area contributed by atoms with Gasteiger partial charge in [-0.15, -0.1) is 0 Å². The lowest BCUT2D eigenvalue weighted by molar-refractivity contribution is 0.150. The first-order chi connectivity index (χ1) is 7.15. The van der Waals surface area contributed by atoms with E-state index in [2.05, 4.69) is 4.98 Å². The van der Waals surface area contributed by atoms with Gasteiger partial charge >= 0.3 is 0 Å². The maximum Gasteiger partial charge on any atom is 0.266 e. The predicted molar refractivity (Wildman–Crippen MR) is 47.7 cm³/mol. The molecule has 0 aliphatic heterocycles. The number of hydrogen-bond acceptors (Lipinski definition) is 4. The third-order valence-corrected chi connectivity index (χ3v) is 2.00. The summed E-state index contributed by atoms with van der Waals surface area (Å²) in [6.07, 6.45) is -1.87. The Morgan fingerprint density at radius 1 is 1.60 bits per heavy atom. The summed E-state index contributed by atoms with van der Waals surface area (Å²) >= 11 is 0. The minimum Gasteiger partial charge on any atom is -0.392 e. The summed E-state index contributed by atoms with van der Waals surface area (Å²) in [4.78, 5) is 3.68. The molecule has 0 radical (unpaired) electrons. The number of pyridine rings is 1. The molecule has 80 valence electrons. The zero-order chi connectivity index (χ0) is 11.4. The molecule has 0 unspecified atom stereocenters. The van der Waals surface area contributed by atoms with Crippen molar-refractivity contribution >= 4 is 0 Å². The van der Waals surface area contributed by atoms with Gasteiger partial charge in [0.05, 0.1) is 23.4 Å². The maximum absolute atomic E-state index is 12.5. The van der Waals surface area contributed by atoms with Gasteiger partial charge in [-0.2, -0.15) is 5.26 Å². The normalized spacial score (nSPS) is 10.4. The number of hydrogen-bond donors (Lipinski definition) is 2. The van der Waals surface area contributed by atoms with E-state index >= 15 is 0 Å². The molecule has 1 rings (SSSR count). The molecular formula is C9H9F2N3O. The second kappa shape index (κ2) is 4.77. The average Bonchev–Trinajstić information content (AvgIpc) is 2.26. The van der Waals surface area contributed by atoms with Crippen molar-refractivity contribution in [2.45, 2.75) is 19.6 Å². The predicted octanol–water partition coefficient (Wildman–Crippen LogP) is 0.842. The number of nitrogens with zero attached hydrogens (tertiary/aromatic N) is 2. The van der Waals surface area contributed by atoms with Crippen molar-refractivity contribution in [2.24, 2.45) is 5.73 Å². The van der Waals surface area contributed by atoms with Crippen molar-refractivity contribution < 1.29 is 13.9 Å². The molecule has 1 aromatic heterocycles. The van der Waals surface area contributed by atoms with Crippen molar-refractivity contribution in [1.82, 2.24) is 4.98 Å². The van der Waals surface area contributed by atoms with Gasteiger partial charge in [-0.3, -0.25) is 4.98 Å². The Hall–Kier alpha value is -1.58. The molecule has 4 nitrogen and oxygen atoms in total. The summed E-state index contributed by atoms with van der Waals surface area (Å²) in [7, 11) is 0. The molecule has 0 spiro atoms. The van der Waals surface area contributed by atoms with Gasteiger partial charge in [-0.05, 0) is 0 Å². The van der Waals surface area contributed by atoms with Crippen LogP contribution >= 0.6 is 0 Å². The number of halogens is 2. The zero-order valence-corrected chi connectivity index (χ0v) is 7.74. The second-order valence-electron chi connectivity index (χ2n) is 2.79. The Morgan fingerprint density at radius 2 is 2.27 bits per heavy atom. The monoisotopic (exact) mass is 213 g/mol. The molecule has 15 heavy (non-hydrogen) atoms. The third kappa shape index (κ3) is 2.09. The van der Waals surface area contributed by atoms with Gasteiger partial charge in [0.15, 0.2) is 0 Å². The van der Waals surface area contributed by atoms with Crippen LogP contribution in [0.2, 0.25) is 0 Å². The third-order valence-electron chi connectivity index (χ3n) is 2.00. The fourth-order valence-corrected chi connectivity index (χ4v) is 1.25. The van der Waals surface area contributed by atoms with Gasteiger partial charge in [0.2, 0.25) is 0 Å². The number of aliphatic hydroxyl groups is 1. The smallest absolute Gasteiger partial charge is 0.266 e. The SMILES string of the molecule is N#Cc1c(C(F)F)cnc(CN)c1CO. The minimum atomic E-state index is -2.79. The lowest BCUT2D eigenvalue weighted by atomic mass is 10.0. The molecular weight excluding hydrogens is 204 g/mol. The standard InChI is InChI=1S/C9H9F2N3O/c10-9(11)6-3-14-8(2-13)7(4-15)5(6)1-12/h3,9,15H,2,4,13H2. The molecule has 0 aliphatic carbocycles. The van der Waals surface area contributed by atoms with Crippen LogP contribution in [-0.4, -0.2) is 10.1 Å². The fourth-order valence-electron chi connectivity index (χ4n) is 1.25. The van der Waals surface area contributed by atoms with Crippen LogP contribution in [0.3, 0.4) is 0 Å². The maximum atomic E-state index is 12.5. The van der Waals surface area contributed by atoms with E-state index < -0.39 is 18.6 Å². The number of aliphatic hydroxyl groups excluding tert-OH is 1. The van der Waals surface area contributed by atoms with Crippen molar-refractivity contribution in [3.8, 4) is 6.07 Å². The molecule has 0 aliphatic rings. The van der Waals surface area contributed by atoms with Crippen LogP contribution in [0.4, 0.5) is 8.78 Å². The van der Waals surface area contributed by atoms with Crippen LogP contribution in [0.1, 0.15) is 28.8 Å². The minimum absolute atomic E-state index is 0.00586.